The summed E-state index contributed by atoms with van der Waals surface area (Å²) < 4.78 is 8.18. The van der Waals surface area contributed by atoms with Gasteiger partial charge in [0.2, 0.25) is 11.7 Å². The van der Waals surface area contributed by atoms with E-state index in [1.165, 1.54) is 36.6 Å². The van der Waals surface area contributed by atoms with Crippen molar-refractivity contribution >= 4 is 10.9 Å². The lowest BCUT2D eigenvalue weighted by atomic mass is 10.2. The average molecular weight is 228 g/mol. The predicted molar refractivity (Wildman–Crippen MR) is 68.0 cm³/mol. The van der Waals surface area contributed by atoms with Gasteiger partial charge in [-0.3, -0.25) is 0 Å². The van der Waals surface area contributed by atoms with Crippen LogP contribution < -0.4 is 9.30 Å². The molecule has 0 radical (unpaired) electrons. The lowest BCUT2D eigenvalue weighted by molar-refractivity contribution is -0.645. The Hall–Kier alpha value is -1.57. The number of rotatable bonds is 2. The van der Waals surface area contributed by atoms with E-state index in [1.54, 1.807) is 0 Å². The van der Waals surface area contributed by atoms with Crippen LogP contribution in [0.3, 0.4) is 0 Å². The third-order valence-electron chi connectivity index (χ3n) is 3.54. The van der Waals surface area contributed by atoms with Crippen LogP contribution >= 0.6 is 0 Å². The van der Waals surface area contributed by atoms with Gasteiger partial charge in [0, 0.05) is 12.1 Å². The van der Waals surface area contributed by atoms with Gasteiger partial charge in [-0.1, -0.05) is 12.1 Å². The summed E-state index contributed by atoms with van der Waals surface area (Å²) in [6.45, 7) is 0. The number of ether oxygens (including phenoxy) is 1. The highest BCUT2D eigenvalue weighted by molar-refractivity contribution is 5.76. The van der Waals surface area contributed by atoms with Crippen LogP contribution in [0.15, 0.2) is 36.5 Å². The van der Waals surface area contributed by atoms with Crippen LogP contribution in [0.1, 0.15) is 25.7 Å². The van der Waals surface area contributed by atoms with Crippen molar-refractivity contribution in [2.75, 3.05) is 0 Å². The van der Waals surface area contributed by atoms with Crippen LogP contribution in [0, 0.1) is 0 Å². The molecule has 0 N–H and O–H groups in total. The van der Waals surface area contributed by atoms with E-state index in [2.05, 4.69) is 48.1 Å². The number of aromatic nitrogens is 1. The number of fused-ring (bicyclic) bond motifs is 1. The molecule has 88 valence electrons. The summed E-state index contributed by atoms with van der Waals surface area (Å²) in [7, 11) is 2.07. The van der Waals surface area contributed by atoms with Crippen molar-refractivity contribution in [3.8, 4) is 5.75 Å². The standard InChI is InChI=1S/C15H18NO/c1-16-11-14(17-13-7-3-4-8-13)10-12-6-2-5-9-15(12)16/h2,5-6,9-11,13H,3-4,7-8H2,1H3/q+1. The molecule has 1 aromatic carbocycles. The van der Waals surface area contributed by atoms with E-state index in [0.717, 1.165) is 5.75 Å². The number of aryl methyl sites for hydroxylation is 1. The Morgan fingerprint density at radius 2 is 1.94 bits per heavy atom. The van der Waals surface area contributed by atoms with E-state index in [1.807, 2.05) is 0 Å². The molecule has 0 saturated heterocycles. The van der Waals surface area contributed by atoms with E-state index >= 15 is 0 Å². The minimum atomic E-state index is 0.427. The van der Waals surface area contributed by atoms with Crippen molar-refractivity contribution in [1.29, 1.82) is 0 Å². The summed E-state index contributed by atoms with van der Waals surface area (Å²) in [5.74, 6) is 0.998. The van der Waals surface area contributed by atoms with Crippen molar-refractivity contribution in [1.82, 2.24) is 0 Å². The van der Waals surface area contributed by atoms with E-state index < -0.39 is 0 Å². The zero-order valence-electron chi connectivity index (χ0n) is 10.2. The quantitative estimate of drug-likeness (QED) is 0.720. The minimum Gasteiger partial charge on any atom is -0.484 e. The summed E-state index contributed by atoms with van der Waals surface area (Å²) in [4.78, 5) is 0. The second-order valence-electron chi connectivity index (χ2n) is 4.87. The summed E-state index contributed by atoms with van der Waals surface area (Å²) in [5.41, 5.74) is 1.24. The van der Waals surface area contributed by atoms with Gasteiger partial charge in [-0.2, -0.15) is 4.57 Å². The van der Waals surface area contributed by atoms with Gasteiger partial charge in [0.25, 0.3) is 0 Å². The van der Waals surface area contributed by atoms with E-state index in [0.29, 0.717) is 6.10 Å². The zero-order valence-corrected chi connectivity index (χ0v) is 10.2. The predicted octanol–water partition coefficient (Wildman–Crippen LogP) is 2.99. The molecule has 1 heterocycles. The molecule has 1 saturated carbocycles. The highest BCUT2D eigenvalue weighted by atomic mass is 16.5. The average Bonchev–Trinajstić information content (AvgIpc) is 2.82. The fourth-order valence-corrected chi connectivity index (χ4v) is 2.64. The zero-order chi connectivity index (χ0) is 11.7. The molecule has 17 heavy (non-hydrogen) atoms. The lowest BCUT2D eigenvalue weighted by Crippen LogP contribution is -2.29. The summed E-state index contributed by atoms with van der Waals surface area (Å²) in [6.07, 6.45) is 7.54. The van der Waals surface area contributed by atoms with Gasteiger partial charge in [-0.25, -0.2) is 0 Å². The number of hydrogen-bond acceptors (Lipinski definition) is 1. The number of hydrogen-bond donors (Lipinski definition) is 0. The Kier molecular flexibility index (Phi) is 2.71. The van der Waals surface area contributed by atoms with Crippen molar-refractivity contribution in [2.45, 2.75) is 31.8 Å². The second kappa shape index (κ2) is 4.36. The molecule has 1 aromatic heterocycles. The number of pyridine rings is 1. The van der Waals surface area contributed by atoms with Gasteiger partial charge in [0.15, 0.2) is 5.75 Å². The fourth-order valence-electron chi connectivity index (χ4n) is 2.64. The minimum absolute atomic E-state index is 0.427. The Balaban J connectivity index is 1.94. The highest BCUT2D eigenvalue weighted by Gasteiger charge is 2.18. The molecule has 0 spiro atoms. The lowest BCUT2D eigenvalue weighted by Gasteiger charge is -2.12. The van der Waals surface area contributed by atoms with Crippen molar-refractivity contribution in [3.05, 3.63) is 36.5 Å². The van der Waals surface area contributed by atoms with Crippen molar-refractivity contribution in [3.63, 3.8) is 0 Å². The van der Waals surface area contributed by atoms with Gasteiger partial charge in [-0.15, -0.1) is 0 Å². The van der Waals surface area contributed by atoms with Gasteiger partial charge in [0.1, 0.15) is 7.05 Å². The highest BCUT2D eigenvalue weighted by Crippen LogP contribution is 2.24. The Morgan fingerprint density at radius 3 is 2.76 bits per heavy atom. The molecule has 1 aliphatic carbocycles. The smallest absolute Gasteiger partial charge is 0.212 e. The number of nitrogens with zero attached hydrogens (tertiary/aromatic N) is 1. The fraction of sp³-hybridized carbons (Fsp3) is 0.400. The molecular weight excluding hydrogens is 210 g/mol. The summed E-state index contributed by atoms with van der Waals surface area (Å²) in [6, 6.07) is 10.6. The molecule has 2 nitrogen and oxygen atoms in total. The molecule has 3 rings (SSSR count). The molecular formula is C15H18NO+. The van der Waals surface area contributed by atoms with Crippen LogP contribution in [-0.4, -0.2) is 6.10 Å². The van der Waals surface area contributed by atoms with Gasteiger partial charge >= 0.3 is 0 Å². The second-order valence-corrected chi connectivity index (χ2v) is 4.87. The monoisotopic (exact) mass is 228 g/mol. The maximum atomic E-state index is 6.04. The molecule has 0 atom stereocenters. The first-order valence-electron chi connectivity index (χ1n) is 6.38. The van der Waals surface area contributed by atoms with Gasteiger partial charge in [0.05, 0.1) is 11.5 Å². The Morgan fingerprint density at radius 1 is 1.18 bits per heavy atom. The van der Waals surface area contributed by atoms with Gasteiger partial charge < -0.3 is 4.74 Å². The Labute approximate surface area is 102 Å². The summed E-state index contributed by atoms with van der Waals surface area (Å²) >= 11 is 0. The van der Waals surface area contributed by atoms with Crippen LogP contribution in [0.4, 0.5) is 0 Å². The molecule has 2 heteroatoms. The maximum absolute atomic E-state index is 6.04. The third-order valence-corrected chi connectivity index (χ3v) is 3.54. The van der Waals surface area contributed by atoms with Crippen molar-refractivity contribution < 1.29 is 9.30 Å². The van der Waals surface area contributed by atoms with Crippen LogP contribution in [0.2, 0.25) is 0 Å². The Bertz CT molecular complexity index is 529. The summed E-state index contributed by atoms with van der Waals surface area (Å²) in [5, 5.41) is 1.24. The number of benzene rings is 1. The number of para-hydroxylation sites is 1. The normalized spacial score (nSPS) is 16.5. The van der Waals surface area contributed by atoms with Gasteiger partial charge in [-0.05, 0) is 31.7 Å². The van der Waals surface area contributed by atoms with Crippen LogP contribution in [0.5, 0.6) is 5.75 Å². The van der Waals surface area contributed by atoms with Crippen molar-refractivity contribution in [2.24, 2.45) is 7.05 Å². The molecule has 0 aliphatic heterocycles. The molecule has 1 fully saturated rings. The molecule has 1 aliphatic rings. The van der Waals surface area contributed by atoms with E-state index in [9.17, 15) is 0 Å². The largest absolute Gasteiger partial charge is 0.484 e. The van der Waals surface area contributed by atoms with E-state index in [-0.39, 0.29) is 0 Å². The molecule has 0 amide bonds. The third kappa shape index (κ3) is 2.12. The first kappa shape index (κ1) is 10.6. The van der Waals surface area contributed by atoms with Crippen LogP contribution in [0.25, 0.3) is 10.9 Å². The first-order valence-corrected chi connectivity index (χ1v) is 6.38. The first-order chi connectivity index (χ1) is 8.33. The molecule has 0 bridgehead atoms. The maximum Gasteiger partial charge on any atom is 0.212 e. The SMILES string of the molecule is C[n+]1cc(OC2CCCC2)cc2ccccc21. The topological polar surface area (TPSA) is 13.1 Å². The molecule has 2 aromatic rings. The van der Waals surface area contributed by atoms with Crippen LogP contribution in [-0.2, 0) is 7.05 Å². The molecule has 0 unspecified atom stereocenters. The van der Waals surface area contributed by atoms with E-state index in [4.69, 9.17) is 4.74 Å².